The van der Waals surface area contributed by atoms with E-state index in [4.69, 9.17) is 5.11 Å². The van der Waals surface area contributed by atoms with Crippen LogP contribution >= 0.6 is 0 Å². The number of hydrogen-bond donors (Lipinski definition) is 1. The fraction of sp³-hybridized carbons (Fsp3) is 0.333. The highest BCUT2D eigenvalue weighted by Crippen LogP contribution is 2.33. The van der Waals surface area contributed by atoms with Gasteiger partial charge in [-0.2, -0.15) is 0 Å². The highest BCUT2D eigenvalue weighted by atomic mass is 19.1. The first kappa shape index (κ1) is 24.8. The lowest BCUT2D eigenvalue weighted by Crippen LogP contribution is -2.44. The average Bonchev–Trinajstić information content (AvgIpc) is 3.33. The number of rotatable bonds is 5. The molecule has 2 atom stereocenters. The number of halogens is 2. The minimum Gasteiger partial charge on any atom is -0.478 e. The van der Waals surface area contributed by atoms with Crippen LogP contribution in [0.1, 0.15) is 19.8 Å². The molecule has 10 heteroatoms. The predicted octanol–water partition coefficient (Wildman–Crippen LogP) is 2.91. The van der Waals surface area contributed by atoms with Crippen molar-refractivity contribution >= 4 is 35.1 Å². The van der Waals surface area contributed by atoms with Gasteiger partial charge in [-0.05, 0) is 31.2 Å². The van der Waals surface area contributed by atoms with Crippen LogP contribution in [0.2, 0.25) is 0 Å². The first-order valence-corrected chi connectivity index (χ1v) is 10.7. The van der Waals surface area contributed by atoms with Crippen molar-refractivity contribution in [2.75, 3.05) is 29.5 Å². The molecule has 0 aromatic heterocycles. The second kappa shape index (κ2) is 9.98. The zero-order valence-corrected chi connectivity index (χ0v) is 18.4. The number of carbonyl (C=O) groups is 4. The van der Waals surface area contributed by atoms with Gasteiger partial charge in [0.2, 0.25) is 0 Å². The molecule has 2 aromatic rings. The highest BCUT2D eigenvalue weighted by molar-refractivity contribution is 6.15. The van der Waals surface area contributed by atoms with E-state index in [0.29, 0.717) is 11.4 Å². The van der Waals surface area contributed by atoms with Crippen molar-refractivity contribution in [3.8, 4) is 0 Å². The number of carboxylic acids is 1. The molecule has 34 heavy (non-hydrogen) atoms. The molecule has 1 N–H and O–H groups in total. The third kappa shape index (κ3) is 4.61. The maximum absolute atomic E-state index is 14.4. The van der Waals surface area contributed by atoms with Gasteiger partial charge in [0.25, 0.3) is 23.2 Å². The van der Waals surface area contributed by atoms with Crippen LogP contribution in [0.15, 0.2) is 60.7 Å². The number of hydrogen-bond acceptors (Lipinski definition) is 5. The Bertz CT molecular complexity index is 1070. The molecule has 0 saturated carbocycles. The minimum atomic E-state index is -2.77. The van der Waals surface area contributed by atoms with Crippen molar-refractivity contribution in [2.45, 2.75) is 31.1 Å². The van der Waals surface area contributed by atoms with Crippen LogP contribution in [0.4, 0.5) is 20.2 Å². The summed E-state index contributed by atoms with van der Waals surface area (Å²) in [5.41, 5.74) is -4.19. The van der Waals surface area contributed by atoms with E-state index in [-0.39, 0.29) is 32.5 Å². The summed E-state index contributed by atoms with van der Waals surface area (Å²) in [6.45, 7) is 1.91. The van der Waals surface area contributed by atoms with Gasteiger partial charge in [0.05, 0.1) is 6.61 Å². The van der Waals surface area contributed by atoms with E-state index >= 15 is 0 Å². The number of esters is 1. The maximum Gasteiger partial charge on any atom is 0.353 e. The Morgan fingerprint density at radius 1 is 0.853 bits per heavy atom. The molecule has 0 radical (unpaired) electrons. The molecule has 2 saturated heterocycles. The van der Waals surface area contributed by atoms with Gasteiger partial charge in [0.15, 0.2) is 0 Å². The van der Waals surface area contributed by atoms with Crippen molar-refractivity contribution < 1.29 is 37.8 Å². The third-order valence-corrected chi connectivity index (χ3v) is 5.60. The number of ether oxygens (including phenoxy) is 1. The van der Waals surface area contributed by atoms with Gasteiger partial charge in [-0.1, -0.05) is 36.4 Å². The SMILES string of the molecule is CCOC(=O)[C@]1(F)CCN(c2ccccc2)C1=O.O=C(O)[C@]1(F)CCN(c2ccccc2)C1=O. The zero-order valence-electron chi connectivity index (χ0n) is 18.4. The molecule has 180 valence electrons. The summed E-state index contributed by atoms with van der Waals surface area (Å²) < 4.78 is 32.8. The standard InChI is InChI=1S/C13H14FNO3.C11H10FNO3/c1-2-18-12(17)13(14)8-9-15(11(13)16)10-6-4-3-5-7-10;12-11(10(15)16)6-7-13(9(11)14)8-4-2-1-3-5-8/h3-7H,2,8-9H2,1H3;1-5H,6-7H2,(H,15,16)/t13-;11-/m00/s1. The van der Waals surface area contributed by atoms with Gasteiger partial charge >= 0.3 is 11.9 Å². The Kier molecular flexibility index (Phi) is 7.29. The lowest BCUT2D eigenvalue weighted by atomic mass is 10.1. The summed E-state index contributed by atoms with van der Waals surface area (Å²) in [5.74, 6) is -4.64. The van der Waals surface area contributed by atoms with Crippen LogP contribution in [0, 0.1) is 0 Å². The molecule has 8 nitrogen and oxygen atoms in total. The molecular formula is C24H24F2N2O6. The lowest BCUT2D eigenvalue weighted by molar-refractivity contribution is -0.160. The van der Waals surface area contributed by atoms with Crippen LogP contribution in [0.5, 0.6) is 0 Å². The number of aliphatic carboxylic acids is 1. The van der Waals surface area contributed by atoms with Gasteiger partial charge in [-0.3, -0.25) is 9.59 Å². The number of benzene rings is 2. The molecular weight excluding hydrogens is 450 g/mol. The Hall–Kier alpha value is -3.82. The molecule has 0 unspecified atom stereocenters. The summed E-state index contributed by atoms with van der Waals surface area (Å²) in [4.78, 5) is 48.3. The Labute approximate surface area is 194 Å². The van der Waals surface area contributed by atoms with E-state index in [1.54, 1.807) is 67.6 Å². The zero-order chi connectivity index (χ0) is 24.9. The van der Waals surface area contributed by atoms with E-state index in [1.807, 2.05) is 0 Å². The van der Waals surface area contributed by atoms with E-state index in [1.165, 1.54) is 4.90 Å². The number of carbonyl (C=O) groups excluding carboxylic acids is 3. The van der Waals surface area contributed by atoms with E-state index < -0.39 is 35.1 Å². The quantitative estimate of drug-likeness (QED) is 0.528. The van der Waals surface area contributed by atoms with Crippen molar-refractivity contribution in [1.29, 1.82) is 0 Å². The third-order valence-electron chi connectivity index (χ3n) is 5.60. The van der Waals surface area contributed by atoms with Crippen molar-refractivity contribution in [1.82, 2.24) is 0 Å². The molecule has 2 amide bonds. The first-order chi connectivity index (χ1) is 16.1. The van der Waals surface area contributed by atoms with Gasteiger partial charge in [0.1, 0.15) is 0 Å². The largest absolute Gasteiger partial charge is 0.478 e. The molecule has 0 spiro atoms. The number of carboxylic acid groups (broad SMARTS) is 1. The fourth-order valence-corrected chi connectivity index (χ4v) is 3.72. The van der Waals surface area contributed by atoms with Crippen LogP contribution in [0.3, 0.4) is 0 Å². The van der Waals surface area contributed by atoms with Crippen LogP contribution in [-0.4, -0.2) is 59.9 Å². The molecule has 2 aliphatic rings. The van der Waals surface area contributed by atoms with E-state index in [0.717, 1.165) is 4.90 Å². The molecule has 0 aliphatic carbocycles. The van der Waals surface area contributed by atoms with Gasteiger partial charge in [-0.15, -0.1) is 0 Å². The van der Waals surface area contributed by atoms with Crippen LogP contribution in [0.25, 0.3) is 0 Å². The van der Waals surface area contributed by atoms with Gasteiger partial charge in [-0.25, -0.2) is 18.4 Å². The first-order valence-electron chi connectivity index (χ1n) is 10.7. The predicted molar refractivity (Wildman–Crippen MR) is 119 cm³/mol. The molecule has 2 heterocycles. The van der Waals surface area contributed by atoms with E-state index in [2.05, 4.69) is 4.74 Å². The molecule has 0 bridgehead atoms. The smallest absolute Gasteiger partial charge is 0.353 e. The van der Waals surface area contributed by atoms with Crippen LogP contribution < -0.4 is 9.80 Å². The molecule has 2 aliphatic heterocycles. The average molecular weight is 474 g/mol. The van der Waals surface area contributed by atoms with Crippen molar-refractivity contribution in [3.05, 3.63) is 60.7 Å². The molecule has 2 aromatic carbocycles. The summed E-state index contributed by atoms with van der Waals surface area (Å²) >= 11 is 0. The summed E-state index contributed by atoms with van der Waals surface area (Å²) in [5, 5.41) is 8.69. The summed E-state index contributed by atoms with van der Waals surface area (Å²) in [6.07, 6.45) is -0.477. The van der Waals surface area contributed by atoms with Crippen molar-refractivity contribution in [3.63, 3.8) is 0 Å². The highest BCUT2D eigenvalue weighted by Gasteiger charge is 2.55. The normalized spacial score (nSPS) is 24.0. The maximum atomic E-state index is 14.4. The summed E-state index contributed by atoms with van der Waals surface area (Å²) in [7, 11) is 0. The Morgan fingerprint density at radius 2 is 1.26 bits per heavy atom. The topological polar surface area (TPSA) is 104 Å². The number of anilines is 2. The second-order valence-corrected chi connectivity index (χ2v) is 7.71. The fourth-order valence-electron chi connectivity index (χ4n) is 3.72. The molecule has 4 rings (SSSR count). The summed E-state index contributed by atoms with van der Waals surface area (Å²) in [6, 6.07) is 17.2. The van der Waals surface area contributed by atoms with Gasteiger partial charge in [0, 0.05) is 37.3 Å². The number of amides is 2. The Morgan fingerprint density at radius 3 is 1.65 bits per heavy atom. The lowest BCUT2D eigenvalue weighted by Gasteiger charge is -2.18. The number of alkyl halides is 2. The number of nitrogens with zero attached hydrogens (tertiary/aromatic N) is 2. The van der Waals surface area contributed by atoms with Crippen molar-refractivity contribution in [2.24, 2.45) is 0 Å². The van der Waals surface area contributed by atoms with Gasteiger partial charge < -0.3 is 19.6 Å². The monoisotopic (exact) mass is 474 g/mol. The number of para-hydroxylation sites is 2. The van der Waals surface area contributed by atoms with Crippen LogP contribution in [-0.2, 0) is 23.9 Å². The Balaban J connectivity index is 0.000000192. The minimum absolute atomic E-state index is 0.0587. The second-order valence-electron chi connectivity index (χ2n) is 7.71. The molecule has 2 fully saturated rings. The van der Waals surface area contributed by atoms with E-state index in [9.17, 15) is 28.0 Å².